The maximum Gasteiger partial charge on any atom is 0.256 e. The predicted molar refractivity (Wildman–Crippen MR) is 87.2 cm³/mol. The number of carbonyl (C=O) groups excluding carboxylic acids is 2. The molecule has 1 atom stereocenters. The van der Waals surface area contributed by atoms with Gasteiger partial charge >= 0.3 is 0 Å². The lowest BCUT2D eigenvalue weighted by Gasteiger charge is -2.41. The van der Waals surface area contributed by atoms with Gasteiger partial charge in [-0.15, -0.1) is 12.4 Å². The van der Waals surface area contributed by atoms with Crippen LogP contribution in [0.5, 0.6) is 0 Å². The van der Waals surface area contributed by atoms with E-state index in [1.807, 2.05) is 4.90 Å². The molecule has 0 aliphatic carbocycles. The van der Waals surface area contributed by atoms with Gasteiger partial charge in [-0.05, 0) is 25.0 Å². The first-order valence-electron chi connectivity index (χ1n) is 7.71. The zero-order chi connectivity index (χ0) is 15.5. The summed E-state index contributed by atoms with van der Waals surface area (Å²) in [6, 6.07) is 6.09. The van der Waals surface area contributed by atoms with Gasteiger partial charge in [-0.2, -0.15) is 0 Å². The average Bonchev–Trinajstić information content (AvgIpc) is 2.55. The molecule has 1 N–H and O–H groups in total. The monoisotopic (exact) mass is 341 g/mol. The van der Waals surface area contributed by atoms with E-state index in [0.29, 0.717) is 26.2 Å². The zero-order valence-electron chi connectivity index (χ0n) is 12.8. The Bertz CT molecular complexity index is 584. The SMILES string of the molecule is Cl.O=C(c1ccccc1F)N1CCCC(N2CCNCC2=O)C1. The molecule has 2 aliphatic rings. The van der Waals surface area contributed by atoms with E-state index in [1.165, 1.54) is 12.1 Å². The van der Waals surface area contributed by atoms with Crippen LogP contribution in [0.4, 0.5) is 4.39 Å². The number of nitrogens with one attached hydrogen (secondary N) is 1. The van der Waals surface area contributed by atoms with Crippen LogP contribution in [-0.2, 0) is 4.79 Å². The van der Waals surface area contributed by atoms with Crippen LogP contribution < -0.4 is 5.32 Å². The molecule has 0 radical (unpaired) electrons. The van der Waals surface area contributed by atoms with E-state index in [4.69, 9.17) is 0 Å². The van der Waals surface area contributed by atoms with Crippen LogP contribution in [0, 0.1) is 5.82 Å². The van der Waals surface area contributed by atoms with Crippen molar-refractivity contribution < 1.29 is 14.0 Å². The number of amides is 2. The Morgan fingerprint density at radius 3 is 2.78 bits per heavy atom. The number of hydrogen-bond acceptors (Lipinski definition) is 3. The molecule has 2 heterocycles. The van der Waals surface area contributed by atoms with Crippen molar-refractivity contribution in [1.82, 2.24) is 15.1 Å². The van der Waals surface area contributed by atoms with Gasteiger partial charge in [0.15, 0.2) is 0 Å². The first kappa shape index (κ1) is 17.7. The highest BCUT2D eigenvalue weighted by Gasteiger charge is 2.32. The third-order valence-corrected chi connectivity index (χ3v) is 4.35. The standard InChI is InChI=1S/C16H20FN3O2.ClH/c17-14-6-2-1-5-13(14)16(22)19-8-3-4-12(11-19)20-9-7-18-10-15(20)21;/h1-2,5-6,12,18H,3-4,7-11H2;1H. The third kappa shape index (κ3) is 3.82. The van der Waals surface area contributed by atoms with Gasteiger partial charge in [-0.3, -0.25) is 9.59 Å². The van der Waals surface area contributed by atoms with Gasteiger partial charge in [-0.25, -0.2) is 4.39 Å². The van der Waals surface area contributed by atoms with Crippen molar-refractivity contribution in [2.75, 3.05) is 32.7 Å². The minimum absolute atomic E-state index is 0. The molecule has 1 aromatic carbocycles. The fourth-order valence-corrected chi connectivity index (χ4v) is 3.21. The molecule has 0 aromatic heterocycles. The van der Waals surface area contributed by atoms with Crippen molar-refractivity contribution in [2.24, 2.45) is 0 Å². The molecule has 7 heteroatoms. The van der Waals surface area contributed by atoms with E-state index in [2.05, 4.69) is 5.32 Å². The van der Waals surface area contributed by atoms with Crippen molar-refractivity contribution in [2.45, 2.75) is 18.9 Å². The minimum atomic E-state index is -0.493. The zero-order valence-corrected chi connectivity index (χ0v) is 13.7. The summed E-state index contributed by atoms with van der Waals surface area (Å²) in [5.41, 5.74) is 0.106. The summed E-state index contributed by atoms with van der Waals surface area (Å²) in [5.74, 6) is -0.699. The van der Waals surface area contributed by atoms with Gasteiger partial charge in [0.2, 0.25) is 5.91 Å². The second-order valence-electron chi connectivity index (χ2n) is 5.79. The lowest BCUT2D eigenvalue weighted by atomic mass is 10.0. The number of hydrogen-bond donors (Lipinski definition) is 1. The minimum Gasteiger partial charge on any atom is -0.336 e. The molecule has 2 fully saturated rings. The number of likely N-dealkylation sites (tertiary alicyclic amines) is 1. The van der Waals surface area contributed by atoms with Gasteiger partial charge in [0.1, 0.15) is 5.82 Å². The van der Waals surface area contributed by atoms with E-state index < -0.39 is 5.82 Å². The van der Waals surface area contributed by atoms with E-state index in [9.17, 15) is 14.0 Å². The Morgan fingerprint density at radius 2 is 2.04 bits per heavy atom. The molecule has 2 aliphatic heterocycles. The van der Waals surface area contributed by atoms with E-state index >= 15 is 0 Å². The van der Waals surface area contributed by atoms with Crippen LogP contribution in [-0.4, -0.2) is 60.4 Å². The van der Waals surface area contributed by atoms with Crippen LogP contribution in [0.3, 0.4) is 0 Å². The van der Waals surface area contributed by atoms with Crippen molar-refractivity contribution in [3.05, 3.63) is 35.6 Å². The summed E-state index contributed by atoms with van der Waals surface area (Å²) in [6.07, 6.45) is 1.73. The lowest BCUT2D eigenvalue weighted by molar-refractivity contribution is -0.135. The van der Waals surface area contributed by atoms with Gasteiger partial charge in [0.05, 0.1) is 12.1 Å². The molecule has 1 unspecified atom stereocenters. The Kier molecular flexibility index (Phi) is 5.96. The largest absolute Gasteiger partial charge is 0.336 e. The fraction of sp³-hybridized carbons (Fsp3) is 0.500. The molecule has 126 valence electrons. The maximum atomic E-state index is 13.8. The summed E-state index contributed by atoms with van der Waals surface area (Å²) in [4.78, 5) is 28.0. The fourth-order valence-electron chi connectivity index (χ4n) is 3.21. The number of carbonyl (C=O) groups is 2. The number of benzene rings is 1. The highest BCUT2D eigenvalue weighted by Crippen LogP contribution is 2.20. The summed E-state index contributed by atoms with van der Waals surface area (Å²) in [7, 11) is 0. The second kappa shape index (κ2) is 7.75. The molecule has 0 saturated carbocycles. The summed E-state index contributed by atoms with van der Waals surface area (Å²) in [6.45, 7) is 2.91. The third-order valence-electron chi connectivity index (χ3n) is 4.35. The first-order valence-corrected chi connectivity index (χ1v) is 7.71. The van der Waals surface area contributed by atoms with Crippen molar-refractivity contribution in [1.29, 1.82) is 0 Å². The van der Waals surface area contributed by atoms with Gasteiger partial charge < -0.3 is 15.1 Å². The predicted octanol–water partition coefficient (Wildman–Crippen LogP) is 1.28. The second-order valence-corrected chi connectivity index (χ2v) is 5.79. The van der Waals surface area contributed by atoms with Gasteiger partial charge in [0.25, 0.3) is 5.91 Å². The topological polar surface area (TPSA) is 52.7 Å². The van der Waals surface area contributed by atoms with E-state index in [0.717, 1.165) is 19.4 Å². The number of piperidine rings is 1. The average molecular weight is 342 g/mol. The molecule has 23 heavy (non-hydrogen) atoms. The van der Waals surface area contributed by atoms with Crippen molar-refractivity contribution in [3.63, 3.8) is 0 Å². The van der Waals surface area contributed by atoms with Crippen LogP contribution >= 0.6 is 12.4 Å². The summed E-state index contributed by atoms with van der Waals surface area (Å²) < 4.78 is 13.8. The van der Waals surface area contributed by atoms with E-state index in [1.54, 1.807) is 17.0 Å². The van der Waals surface area contributed by atoms with Gasteiger partial charge in [0, 0.05) is 32.2 Å². The smallest absolute Gasteiger partial charge is 0.256 e. The van der Waals surface area contributed by atoms with Gasteiger partial charge in [-0.1, -0.05) is 12.1 Å². The van der Waals surface area contributed by atoms with E-state index in [-0.39, 0.29) is 35.8 Å². The van der Waals surface area contributed by atoms with Crippen LogP contribution in [0.1, 0.15) is 23.2 Å². The van der Waals surface area contributed by atoms with Crippen molar-refractivity contribution >= 4 is 24.2 Å². The Hall–Kier alpha value is -1.66. The molecule has 2 saturated heterocycles. The summed E-state index contributed by atoms with van der Waals surface area (Å²) in [5, 5.41) is 3.05. The van der Waals surface area contributed by atoms with Crippen molar-refractivity contribution in [3.8, 4) is 0 Å². The molecule has 0 bridgehead atoms. The molecular weight excluding hydrogens is 321 g/mol. The molecular formula is C16H21ClFN3O2. The Labute approximate surface area is 141 Å². The number of rotatable bonds is 2. The summed E-state index contributed by atoms with van der Waals surface area (Å²) >= 11 is 0. The molecule has 3 rings (SSSR count). The maximum absolute atomic E-state index is 13.8. The van der Waals surface area contributed by atoms with Crippen LogP contribution in [0.25, 0.3) is 0 Å². The molecule has 1 aromatic rings. The quantitative estimate of drug-likeness (QED) is 0.881. The molecule has 0 spiro atoms. The molecule has 5 nitrogen and oxygen atoms in total. The van der Waals surface area contributed by atoms with Crippen LogP contribution in [0.15, 0.2) is 24.3 Å². The Balaban J connectivity index is 0.00000192. The van der Waals surface area contributed by atoms with Crippen LogP contribution in [0.2, 0.25) is 0 Å². The number of nitrogens with zero attached hydrogens (tertiary/aromatic N) is 2. The lowest BCUT2D eigenvalue weighted by Crippen LogP contribution is -2.57. The highest BCUT2D eigenvalue weighted by molar-refractivity contribution is 5.94. The first-order chi connectivity index (χ1) is 10.7. The number of piperazine rings is 1. The normalized spacial score (nSPS) is 21.8. The number of halogens is 2. The molecule has 2 amide bonds. The Morgan fingerprint density at radius 1 is 1.26 bits per heavy atom. The highest BCUT2D eigenvalue weighted by atomic mass is 35.5.